The standard InChI is InChI=1S/C27H33NO3/c1-7-8-15-28-23(19-11-13-20(14-12-19)27(4,5)6)22(25(30)26(28)31)24(29)21-16-17(2)9-10-18(21)3/h9-14,16,23,29H,7-8,15H2,1-6H3/b24-22+. The van der Waals surface area contributed by atoms with Gasteiger partial charge in [-0.2, -0.15) is 0 Å². The molecule has 2 aromatic rings. The lowest BCUT2D eigenvalue weighted by Gasteiger charge is -2.26. The second kappa shape index (κ2) is 8.70. The van der Waals surface area contributed by atoms with Crippen molar-refractivity contribution in [3.63, 3.8) is 0 Å². The molecule has 0 aliphatic carbocycles. The van der Waals surface area contributed by atoms with Crippen molar-refractivity contribution in [2.24, 2.45) is 0 Å². The zero-order chi connectivity index (χ0) is 22.9. The van der Waals surface area contributed by atoms with Gasteiger partial charge < -0.3 is 10.0 Å². The van der Waals surface area contributed by atoms with Gasteiger partial charge in [-0.3, -0.25) is 9.59 Å². The third-order valence-corrected chi connectivity index (χ3v) is 6.03. The highest BCUT2D eigenvalue weighted by atomic mass is 16.3. The number of aliphatic hydroxyl groups is 1. The first-order chi connectivity index (χ1) is 14.6. The molecule has 164 valence electrons. The Bertz CT molecular complexity index is 1030. The van der Waals surface area contributed by atoms with Crippen molar-refractivity contribution < 1.29 is 14.7 Å². The summed E-state index contributed by atoms with van der Waals surface area (Å²) in [6, 6.07) is 13.2. The zero-order valence-electron chi connectivity index (χ0n) is 19.5. The summed E-state index contributed by atoms with van der Waals surface area (Å²) in [6.45, 7) is 12.8. The monoisotopic (exact) mass is 419 g/mol. The van der Waals surface area contributed by atoms with Gasteiger partial charge >= 0.3 is 0 Å². The van der Waals surface area contributed by atoms with E-state index in [1.54, 1.807) is 4.90 Å². The Morgan fingerprint density at radius 2 is 1.68 bits per heavy atom. The Morgan fingerprint density at radius 3 is 2.26 bits per heavy atom. The predicted molar refractivity (Wildman–Crippen MR) is 125 cm³/mol. The summed E-state index contributed by atoms with van der Waals surface area (Å²) in [6.07, 6.45) is 1.71. The Balaban J connectivity index is 2.19. The number of benzene rings is 2. The fraction of sp³-hybridized carbons (Fsp3) is 0.407. The Labute approximate surface area is 185 Å². The summed E-state index contributed by atoms with van der Waals surface area (Å²) in [5.74, 6) is -1.24. The van der Waals surface area contributed by atoms with Gasteiger partial charge in [0.15, 0.2) is 0 Å². The summed E-state index contributed by atoms with van der Waals surface area (Å²) in [7, 11) is 0. The average molecular weight is 420 g/mol. The SMILES string of the molecule is CCCCN1C(=O)C(=O)/C(=C(/O)c2cc(C)ccc2C)C1c1ccc(C(C)(C)C)cc1. The van der Waals surface area contributed by atoms with E-state index in [2.05, 4.69) is 27.7 Å². The largest absolute Gasteiger partial charge is 0.507 e. The number of unbranched alkanes of at least 4 members (excludes halogenated alkanes) is 1. The molecule has 1 atom stereocenters. The van der Waals surface area contributed by atoms with Gasteiger partial charge in [-0.15, -0.1) is 0 Å². The number of hydrogen-bond acceptors (Lipinski definition) is 3. The quantitative estimate of drug-likeness (QED) is 0.377. The molecule has 0 aromatic heterocycles. The molecule has 0 radical (unpaired) electrons. The summed E-state index contributed by atoms with van der Waals surface area (Å²) < 4.78 is 0. The minimum absolute atomic E-state index is 0.00122. The number of Topliss-reactive ketones (excluding diaryl/α,β-unsaturated/α-hetero) is 1. The molecular formula is C27H33NO3. The number of nitrogens with zero attached hydrogens (tertiary/aromatic N) is 1. The van der Waals surface area contributed by atoms with Gasteiger partial charge in [0.25, 0.3) is 11.7 Å². The minimum Gasteiger partial charge on any atom is -0.507 e. The van der Waals surface area contributed by atoms with Gasteiger partial charge in [-0.1, -0.05) is 76.1 Å². The maximum atomic E-state index is 13.1. The number of carbonyl (C=O) groups is 2. The van der Waals surface area contributed by atoms with Crippen LogP contribution in [0.4, 0.5) is 0 Å². The first kappa shape index (κ1) is 22.8. The number of rotatable bonds is 5. The van der Waals surface area contributed by atoms with Crippen LogP contribution in [0.3, 0.4) is 0 Å². The van der Waals surface area contributed by atoms with Crippen LogP contribution in [0, 0.1) is 13.8 Å². The van der Waals surface area contributed by atoms with E-state index in [1.165, 1.54) is 5.56 Å². The van der Waals surface area contributed by atoms with Gasteiger partial charge in [0.05, 0.1) is 11.6 Å². The summed E-state index contributed by atoms with van der Waals surface area (Å²) in [4.78, 5) is 27.7. The van der Waals surface area contributed by atoms with E-state index in [0.717, 1.165) is 29.5 Å². The highest BCUT2D eigenvalue weighted by Crippen LogP contribution is 2.40. The van der Waals surface area contributed by atoms with E-state index >= 15 is 0 Å². The number of likely N-dealkylation sites (tertiary alicyclic amines) is 1. The number of aliphatic hydroxyl groups excluding tert-OH is 1. The summed E-state index contributed by atoms with van der Waals surface area (Å²) in [5.41, 5.74) is 4.65. The second-order valence-corrected chi connectivity index (χ2v) is 9.54. The number of ketones is 1. The smallest absolute Gasteiger partial charge is 0.295 e. The highest BCUT2D eigenvalue weighted by molar-refractivity contribution is 6.46. The van der Waals surface area contributed by atoms with Crippen molar-refractivity contribution in [1.29, 1.82) is 0 Å². The van der Waals surface area contributed by atoms with Crippen LogP contribution < -0.4 is 0 Å². The Kier molecular flexibility index (Phi) is 6.40. The van der Waals surface area contributed by atoms with Crippen molar-refractivity contribution in [3.05, 3.63) is 75.9 Å². The minimum atomic E-state index is -0.612. The zero-order valence-corrected chi connectivity index (χ0v) is 19.5. The van der Waals surface area contributed by atoms with E-state index in [1.807, 2.05) is 56.3 Å². The van der Waals surface area contributed by atoms with Gasteiger partial charge in [0.2, 0.25) is 0 Å². The maximum Gasteiger partial charge on any atom is 0.295 e. The second-order valence-electron chi connectivity index (χ2n) is 9.54. The molecule has 0 spiro atoms. The van der Waals surface area contributed by atoms with Crippen molar-refractivity contribution in [2.75, 3.05) is 6.54 Å². The third kappa shape index (κ3) is 4.43. The average Bonchev–Trinajstić information content (AvgIpc) is 2.97. The van der Waals surface area contributed by atoms with Crippen molar-refractivity contribution in [3.8, 4) is 0 Å². The van der Waals surface area contributed by atoms with Gasteiger partial charge in [-0.25, -0.2) is 0 Å². The molecular weight excluding hydrogens is 386 g/mol. The van der Waals surface area contributed by atoms with Crippen LogP contribution in [-0.4, -0.2) is 28.2 Å². The fourth-order valence-corrected chi connectivity index (χ4v) is 4.09. The summed E-state index contributed by atoms with van der Waals surface area (Å²) >= 11 is 0. The van der Waals surface area contributed by atoms with Gasteiger partial charge in [0, 0.05) is 12.1 Å². The Morgan fingerprint density at radius 1 is 1.03 bits per heavy atom. The van der Waals surface area contributed by atoms with E-state index in [4.69, 9.17) is 0 Å². The number of amides is 1. The van der Waals surface area contributed by atoms with Crippen LogP contribution in [0.25, 0.3) is 5.76 Å². The molecule has 1 unspecified atom stereocenters. The maximum absolute atomic E-state index is 13.1. The molecule has 4 heteroatoms. The molecule has 1 saturated heterocycles. The first-order valence-electron chi connectivity index (χ1n) is 11.0. The first-order valence-corrected chi connectivity index (χ1v) is 11.0. The molecule has 1 amide bonds. The van der Waals surface area contributed by atoms with Crippen LogP contribution in [0.1, 0.15) is 74.4 Å². The van der Waals surface area contributed by atoms with E-state index < -0.39 is 17.7 Å². The molecule has 1 aliphatic heterocycles. The predicted octanol–water partition coefficient (Wildman–Crippen LogP) is 5.82. The molecule has 0 saturated carbocycles. The van der Waals surface area contributed by atoms with E-state index in [9.17, 15) is 14.7 Å². The van der Waals surface area contributed by atoms with Crippen LogP contribution >= 0.6 is 0 Å². The highest BCUT2D eigenvalue weighted by Gasteiger charge is 2.45. The molecule has 31 heavy (non-hydrogen) atoms. The lowest BCUT2D eigenvalue weighted by atomic mass is 9.85. The lowest BCUT2D eigenvalue weighted by Crippen LogP contribution is -2.30. The normalized spacial score (nSPS) is 18.6. The number of aryl methyl sites for hydroxylation is 2. The van der Waals surface area contributed by atoms with Gasteiger partial charge in [-0.05, 0) is 48.4 Å². The number of hydrogen-bond donors (Lipinski definition) is 1. The molecule has 4 nitrogen and oxygen atoms in total. The molecule has 0 bridgehead atoms. The fourth-order valence-electron chi connectivity index (χ4n) is 4.09. The Hall–Kier alpha value is -2.88. The van der Waals surface area contributed by atoms with Crippen LogP contribution in [0.5, 0.6) is 0 Å². The molecule has 1 fully saturated rings. The molecule has 1 N–H and O–H groups in total. The van der Waals surface area contributed by atoms with E-state index in [0.29, 0.717) is 12.1 Å². The van der Waals surface area contributed by atoms with Crippen LogP contribution in [0.2, 0.25) is 0 Å². The van der Waals surface area contributed by atoms with Crippen molar-refractivity contribution in [2.45, 2.75) is 65.8 Å². The van der Waals surface area contributed by atoms with Crippen LogP contribution in [-0.2, 0) is 15.0 Å². The molecule has 2 aromatic carbocycles. The van der Waals surface area contributed by atoms with Crippen molar-refractivity contribution >= 4 is 17.4 Å². The molecule has 3 rings (SSSR count). The van der Waals surface area contributed by atoms with Crippen LogP contribution in [0.15, 0.2) is 48.0 Å². The van der Waals surface area contributed by atoms with Crippen molar-refractivity contribution in [1.82, 2.24) is 4.90 Å². The molecule has 1 heterocycles. The third-order valence-electron chi connectivity index (χ3n) is 6.03. The lowest BCUT2D eigenvalue weighted by molar-refractivity contribution is -0.139. The summed E-state index contributed by atoms with van der Waals surface area (Å²) in [5, 5.41) is 11.3. The van der Waals surface area contributed by atoms with E-state index in [-0.39, 0.29) is 16.7 Å². The topological polar surface area (TPSA) is 57.6 Å². The van der Waals surface area contributed by atoms with Gasteiger partial charge in [0.1, 0.15) is 5.76 Å². The number of carbonyl (C=O) groups excluding carboxylic acids is 2. The molecule has 1 aliphatic rings.